The second-order valence-electron chi connectivity index (χ2n) is 5.27. The highest BCUT2D eigenvalue weighted by Crippen LogP contribution is 2.25. The maximum Gasteiger partial charge on any atom is 0.222 e. The molecule has 0 bridgehead atoms. The summed E-state index contributed by atoms with van der Waals surface area (Å²) in [5.41, 5.74) is 0.919. The van der Waals surface area contributed by atoms with Gasteiger partial charge in [-0.15, -0.1) is 0 Å². The number of anilines is 2. The van der Waals surface area contributed by atoms with Crippen molar-refractivity contribution < 1.29 is 4.79 Å². The third kappa shape index (κ3) is 3.01. The molecule has 0 aliphatic carbocycles. The van der Waals surface area contributed by atoms with Crippen molar-refractivity contribution in [3.05, 3.63) is 30.4 Å². The molecule has 110 valence electrons. The first kappa shape index (κ1) is 13.5. The van der Waals surface area contributed by atoms with Gasteiger partial charge in [-0.3, -0.25) is 14.5 Å². The highest BCUT2D eigenvalue weighted by Gasteiger charge is 2.25. The Balaban J connectivity index is 1.69. The number of nitrogens with one attached hydrogen (secondary N) is 1. The summed E-state index contributed by atoms with van der Waals surface area (Å²) in [6.45, 7) is 5.20. The van der Waals surface area contributed by atoms with Crippen molar-refractivity contribution in [3.8, 4) is 0 Å². The van der Waals surface area contributed by atoms with Crippen molar-refractivity contribution in [1.82, 2.24) is 19.7 Å². The normalized spacial score (nSPS) is 18.0. The summed E-state index contributed by atoms with van der Waals surface area (Å²) in [6.07, 6.45) is 6.45. The summed E-state index contributed by atoms with van der Waals surface area (Å²) in [6, 6.07) is 2.10. The molecule has 1 amide bonds. The Kier molecular flexibility index (Phi) is 3.55. The van der Waals surface area contributed by atoms with Crippen molar-refractivity contribution in [1.29, 1.82) is 0 Å². The van der Waals surface area contributed by atoms with Crippen LogP contribution in [0.5, 0.6) is 0 Å². The minimum absolute atomic E-state index is 0.108. The maximum absolute atomic E-state index is 11.0. The quantitative estimate of drug-likeness (QED) is 0.922. The van der Waals surface area contributed by atoms with E-state index in [0.717, 1.165) is 31.0 Å². The molecule has 0 radical (unpaired) electrons. The van der Waals surface area contributed by atoms with Gasteiger partial charge in [-0.25, -0.2) is 4.98 Å². The van der Waals surface area contributed by atoms with Gasteiger partial charge in [-0.2, -0.15) is 5.10 Å². The molecule has 1 saturated heterocycles. The number of amides is 1. The lowest BCUT2D eigenvalue weighted by Crippen LogP contribution is -2.22. The Morgan fingerprint density at radius 3 is 3.05 bits per heavy atom. The molecule has 7 heteroatoms. The number of aryl methyl sites for hydroxylation is 1. The molecule has 2 aromatic heterocycles. The van der Waals surface area contributed by atoms with Crippen LogP contribution in [-0.2, 0) is 4.79 Å². The molecule has 1 aliphatic rings. The highest BCUT2D eigenvalue weighted by molar-refractivity contribution is 5.87. The van der Waals surface area contributed by atoms with Crippen LogP contribution in [0.2, 0.25) is 0 Å². The molecule has 0 saturated carbocycles. The van der Waals surface area contributed by atoms with Gasteiger partial charge in [0, 0.05) is 38.5 Å². The van der Waals surface area contributed by atoms with E-state index in [0.29, 0.717) is 5.82 Å². The average molecular weight is 286 g/mol. The molecular formula is C14H18N6O. The Morgan fingerprint density at radius 1 is 1.43 bits per heavy atom. The van der Waals surface area contributed by atoms with Crippen LogP contribution in [0.3, 0.4) is 0 Å². The summed E-state index contributed by atoms with van der Waals surface area (Å²) in [5, 5.41) is 7.09. The fraction of sp³-hybridized carbons (Fsp3) is 0.429. The number of carbonyl (C=O) groups excluding carboxylic acids is 1. The Hall–Kier alpha value is -2.44. The number of nitrogens with zero attached hydrogens (tertiary/aromatic N) is 5. The standard InChI is InChI=1S/C14H18N6O/c1-10-7-15-8-14(16-10)19-5-3-12(9-19)20-6-4-13(18-20)17-11(2)21/h4,6-8,12H,3,5,9H2,1-2H3,(H,17,18,21)/t12-/m1/s1. The van der Waals surface area contributed by atoms with Crippen molar-refractivity contribution in [2.75, 3.05) is 23.3 Å². The van der Waals surface area contributed by atoms with Gasteiger partial charge >= 0.3 is 0 Å². The van der Waals surface area contributed by atoms with Gasteiger partial charge in [0.15, 0.2) is 5.82 Å². The lowest BCUT2D eigenvalue weighted by molar-refractivity contribution is -0.114. The number of carbonyl (C=O) groups is 1. The molecule has 7 nitrogen and oxygen atoms in total. The van der Waals surface area contributed by atoms with Crippen molar-refractivity contribution >= 4 is 17.5 Å². The Bertz CT molecular complexity index is 652. The predicted molar refractivity (Wildman–Crippen MR) is 79.2 cm³/mol. The smallest absolute Gasteiger partial charge is 0.222 e. The second kappa shape index (κ2) is 5.51. The van der Waals surface area contributed by atoms with Crippen molar-refractivity contribution in [2.45, 2.75) is 26.3 Å². The number of hydrogen-bond donors (Lipinski definition) is 1. The molecule has 1 fully saturated rings. The van der Waals surface area contributed by atoms with Crippen LogP contribution in [0.1, 0.15) is 25.1 Å². The molecule has 1 atom stereocenters. The molecule has 3 heterocycles. The first-order valence-corrected chi connectivity index (χ1v) is 6.98. The fourth-order valence-corrected chi connectivity index (χ4v) is 2.56. The van der Waals surface area contributed by atoms with Gasteiger partial charge in [0.1, 0.15) is 5.82 Å². The molecular weight excluding hydrogens is 268 g/mol. The van der Waals surface area contributed by atoms with Crippen LogP contribution in [0.25, 0.3) is 0 Å². The van der Waals surface area contributed by atoms with E-state index in [9.17, 15) is 4.79 Å². The van der Waals surface area contributed by atoms with E-state index in [1.807, 2.05) is 23.9 Å². The van der Waals surface area contributed by atoms with E-state index >= 15 is 0 Å². The zero-order chi connectivity index (χ0) is 14.8. The summed E-state index contributed by atoms with van der Waals surface area (Å²) < 4.78 is 1.91. The maximum atomic E-state index is 11.0. The summed E-state index contributed by atoms with van der Waals surface area (Å²) in [5.74, 6) is 1.39. The molecule has 1 aliphatic heterocycles. The third-order valence-corrected chi connectivity index (χ3v) is 3.52. The van der Waals surface area contributed by atoms with Crippen LogP contribution >= 0.6 is 0 Å². The first-order chi connectivity index (χ1) is 10.1. The minimum atomic E-state index is -0.108. The predicted octanol–water partition coefficient (Wildman–Crippen LogP) is 1.39. The SMILES string of the molecule is CC(=O)Nc1ccn([C@@H]2CCN(c3cncc(C)n3)C2)n1. The van der Waals surface area contributed by atoms with E-state index < -0.39 is 0 Å². The van der Waals surface area contributed by atoms with Crippen molar-refractivity contribution in [3.63, 3.8) is 0 Å². The lowest BCUT2D eigenvalue weighted by Gasteiger charge is -2.17. The summed E-state index contributed by atoms with van der Waals surface area (Å²) in [4.78, 5) is 21.9. The van der Waals surface area contributed by atoms with E-state index in [-0.39, 0.29) is 11.9 Å². The van der Waals surface area contributed by atoms with E-state index in [1.165, 1.54) is 6.92 Å². The lowest BCUT2D eigenvalue weighted by atomic mass is 10.3. The third-order valence-electron chi connectivity index (χ3n) is 3.52. The Morgan fingerprint density at radius 2 is 2.29 bits per heavy atom. The second-order valence-corrected chi connectivity index (χ2v) is 5.27. The largest absolute Gasteiger partial charge is 0.353 e. The van der Waals surface area contributed by atoms with Gasteiger partial charge in [0.2, 0.25) is 5.91 Å². The first-order valence-electron chi connectivity index (χ1n) is 6.98. The topological polar surface area (TPSA) is 75.9 Å². The molecule has 0 aromatic carbocycles. The Labute approximate surface area is 123 Å². The van der Waals surface area contributed by atoms with Crippen LogP contribution in [0, 0.1) is 6.92 Å². The molecule has 2 aromatic rings. The van der Waals surface area contributed by atoms with Crippen molar-refractivity contribution in [2.24, 2.45) is 0 Å². The summed E-state index contributed by atoms with van der Waals surface area (Å²) >= 11 is 0. The molecule has 1 N–H and O–H groups in total. The van der Waals surface area contributed by atoms with Gasteiger partial charge in [0.25, 0.3) is 0 Å². The van der Waals surface area contributed by atoms with Gasteiger partial charge in [0.05, 0.1) is 17.9 Å². The van der Waals surface area contributed by atoms with Gasteiger partial charge in [-0.05, 0) is 13.3 Å². The van der Waals surface area contributed by atoms with E-state index in [4.69, 9.17) is 0 Å². The van der Waals surface area contributed by atoms with Crippen LogP contribution in [0.15, 0.2) is 24.7 Å². The number of rotatable bonds is 3. The zero-order valence-corrected chi connectivity index (χ0v) is 12.2. The molecule has 21 heavy (non-hydrogen) atoms. The number of hydrogen-bond acceptors (Lipinski definition) is 5. The van der Waals surface area contributed by atoms with Crippen LogP contribution < -0.4 is 10.2 Å². The monoisotopic (exact) mass is 286 g/mol. The van der Waals surface area contributed by atoms with Gasteiger partial charge < -0.3 is 10.2 Å². The van der Waals surface area contributed by atoms with E-state index in [1.54, 1.807) is 12.4 Å². The van der Waals surface area contributed by atoms with E-state index in [2.05, 4.69) is 25.3 Å². The van der Waals surface area contributed by atoms with Crippen LogP contribution in [-0.4, -0.2) is 38.7 Å². The summed E-state index contributed by atoms with van der Waals surface area (Å²) in [7, 11) is 0. The number of aromatic nitrogens is 4. The zero-order valence-electron chi connectivity index (χ0n) is 12.2. The fourth-order valence-electron chi connectivity index (χ4n) is 2.56. The highest BCUT2D eigenvalue weighted by atomic mass is 16.1. The molecule has 0 spiro atoms. The van der Waals surface area contributed by atoms with Gasteiger partial charge in [-0.1, -0.05) is 0 Å². The molecule has 0 unspecified atom stereocenters. The van der Waals surface area contributed by atoms with Crippen LogP contribution in [0.4, 0.5) is 11.6 Å². The molecule has 3 rings (SSSR count). The minimum Gasteiger partial charge on any atom is -0.353 e. The average Bonchev–Trinajstić information content (AvgIpc) is 3.06.